The Labute approximate surface area is 79.7 Å². The van der Waals surface area contributed by atoms with Crippen molar-refractivity contribution < 1.29 is 0 Å². The molecule has 0 saturated carbocycles. The first kappa shape index (κ1) is 9.95. The molecular weight excluding hydrogens is 166 g/mol. The molecule has 2 atom stereocenters. The van der Waals surface area contributed by atoms with Crippen molar-refractivity contribution in [1.82, 2.24) is 5.32 Å². The van der Waals surface area contributed by atoms with Crippen molar-refractivity contribution in [2.45, 2.75) is 25.8 Å². The first-order chi connectivity index (χ1) is 5.88. The highest BCUT2D eigenvalue weighted by Crippen LogP contribution is 2.27. The van der Waals surface area contributed by atoms with E-state index < -0.39 is 0 Å². The molecule has 0 aromatic heterocycles. The van der Waals surface area contributed by atoms with Crippen LogP contribution in [0.4, 0.5) is 0 Å². The predicted octanol–water partition coefficient (Wildman–Crippen LogP) is 1.74. The molecule has 68 valence electrons. The maximum atomic E-state index is 5.33. The first-order valence-corrected chi connectivity index (χ1v) is 5.78. The molecule has 2 heteroatoms. The third kappa shape index (κ3) is 2.73. The molecule has 12 heavy (non-hydrogen) atoms. The van der Waals surface area contributed by atoms with E-state index in [1.165, 1.54) is 17.9 Å². The van der Waals surface area contributed by atoms with E-state index in [0.717, 1.165) is 18.9 Å². The van der Waals surface area contributed by atoms with E-state index in [1.54, 1.807) is 0 Å². The van der Waals surface area contributed by atoms with E-state index in [2.05, 4.69) is 29.9 Å². The molecule has 0 aromatic rings. The van der Waals surface area contributed by atoms with Crippen LogP contribution >= 0.6 is 11.8 Å². The number of hydrogen-bond donors (Lipinski definition) is 1. The molecule has 0 aliphatic carbocycles. The van der Waals surface area contributed by atoms with Crippen LogP contribution in [0.2, 0.25) is 0 Å². The van der Waals surface area contributed by atoms with Crippen molar-refractivity contribution in [3.63, 3.8) is 0 Å². The lowest BCUT2D eigenvalue weighted by atomic mass is 9.97. The standard InChI is InChI=1S/C10H17NS/c1-3-5-10(11-4-2)9-6-7-12-8-9/h1,9-11H,4-8H2,2H3. The van der Waals surface area contributed by atoms with Crippen LogP contribution in [-0.2, 0) is 0 Å². The van der Waals surface area contributed by atoms with E-state index in [1.807, 2.05) is 0 Å². The molecular formula is C10H17NS. The van der Waals surface area contributed by atoms with Gasteiger partial charge in [-0.3, -0.25) is 0 Å². The van der Waals surface area contributed by atoms with Gasteiger partial charge in [0, 0.05) is 12.5 Å². The third-order valence-corrected chi connectivity index (χ3v) is 3.53. The lowest BCUT2D eigenvalue weighted by Gasteiger charge is -2.21. The highest BCUT2D eigenvalue weighted by molar-refractivity contribution is 7.99. The monoisotopic (exact) mass is 183 g/mol. The molecule has 0 bridgehead atoms. The molecule has 0 aromatic carbocycles. The van der Waals surface area contributed by atoms with Crippen LogP contribution in [0.3, 0.4) is 0 Å². The van der Waals surface area contributed by atoms with Gasteiger partial charge in [0.25, 0.3) is 0 Å². The van der Waals surface area contributed by atoms with Gasteiger partial charge in [0.05, 0.1) is 0 Å². The smallest absolute Gasteiger partial charge is 0.0243 e. The Morgan fingerprint density at radius 2 is 2.58 bits per heavy atom. The Morgan fingerprint density at radius 3 is 3.08 bits per heavy atom. The quantitative estimate of drug-likeness (QED) is 0.666. The molecule has 1 heterocycles. The van der Waals surface area contributed by atoms with Crippen LogP contribution in [0.1, 0.15) is 19.8 Å². The van der Waals surface area contributed by atoms with Crippen LogP contribution < -0.4 is 5.32 Å². The summed E-state index contributed by atoms with van der Waals surface area (Å²) in [6.07, 6.45) is 7.56. The summed E-state index contributed by atoms with van der Waals surface area (Å²) in [7, 11) is 0. The molecule has 1 saturated heterocycles. The first-order valence-electron chi connectivity index (χ1n) is 4.63. The zero-order valence-corrected chi connectivity index (χ0v) is 8.49. The topological polar surface area (TPSA) is 12.0 Å². The van der Waals surface area contributed by atoms with Gasteiger partial charge in [-0.2, -0.15) is 11.8 Å². The summed E-state index contributed by atoms with van der Waals surface area (Å²) < 4.78 is 0. The SMILES string of the molecule is C#CCC(NCC)C1CCSC1. The largest absolute Gasteiger partial charge is 0.313 e. The summed E-state index contributed by atoms with van der Waals surface area (Å²) in [5, 5.41) is 3.47. The van der Waals surface area contributed by atoms with Gasteiger partial charge < -0.3 is 5.32 Å². The Morgan fingerprint density at radius 1 is 1.75 bits per heavy atom. The normalized spacial score (nSPS) is 25.2. The van der Waals surface area contributed by atoms with Gasteiger partial charge in [0.1, 0.15) is 0 Å². The van der Waals surface area contributed by atoms with Crippen LogP contribution in [0.5, 0.6) is 0 Å². The second-order valence-corrected chi connectivity index (χ2v) is 4.35. The van der Waals surface area contributed by atoms with Crippen molar-refractivity contribution in [3.8, 4) is 12.3 Å². The Bertz CT molecular complexity index is 156. The summed E-state index contributed by atoms with van der Waals surface area (Å²) in [4.78, 5) is 0. The van der Waals surface area contributed by atoms with E-state index in [0.29, 0.717) is 6.04 Å². The Hall–Kier alpha value is -0.130. The van der Waals surface area contributed by atoms with Gasteiger partial charge in [0.2, 0.25) is 0 Å². The highest BCUT2D eigenvalue weighted by atomic mass is 32.2. The lowest BCUT2D eigenvalue weighted by molar-refractivity contribution is 0.396. The van der Waals surface area contributed by atoms with Crippen molar-refractivity contribution >= 4 is 11.8 Å². The van der Waals surface area contributed by atoms with Crippen LogP contribution in [0.25, 0.3) is 0 Å². The Balaban J connectivity index is 2.35. The zero-order valence-electron chi connectivity index (χ0n) is 7.68. The molecule has 0 amide bonds. The Kier molecular flexibility index (Phi) is 4.57. The number of hydrogen-bond acceptors (Lipinski definition) is 2. The number of nitrogens with one attached hydrogen (secondary N) is 1. The van der Waals surface area contributed by atoms with E-state index >= 15 is 0 Å². The molecule has 0 radical (unpaired) electrons. The summed E-state index contributed by atoms with van der Waals surface area (Å²) in [6.45, 7) is 3.18. The second-order valence-electron chi connectivity index (χ2n) is 3.20. The maximum absolute atomic E-state index is 5.33. The molecule has 1 fully saturated rings. The lowest BCUT2D eigenvalue weighted by Crippen LogP contribution is -2.35. The average molecular weight is 183 g/mol. The minimum Gasteiger partial charge on any atom is -0.313 e. The molecule has 1 aliphatic rings. The van der Waals surface area contributed by atoms with Gasteiger partial charge in [0.15, 0.2) is 0 Å². The van der Waals surface area contributed by atoms with Crippen molar-refractivity contribution in [1.29, 1.82) is 0 Å². The maximum Gasteiger partial charge on any atom is 0.0243 e. The van der Waals surface area contributed by atoms with Crippen LogP contribution in [0, 0.1) is 18.3 Å². The minimum absolute atomic E-state index is 0.565. The fourth-order valence-corrected chi connectivity index (χ4v) is 3.00. The minimum atomic E-state index is 0.565. The summed E-state index contributed by atoms with van der Waals surface area (Å²) in [5.41, 5.74) is 0. The molecule has 1 aliphatic heterocycles. The molecule has 1 N–H and O–H groups in total. The number of rotatable bonds is 4. The van der Waals surface area contributed by atoms with Gasteiger partial charge in [-0.15, -0.1) is 12.3 Å². The predicted molar refractivity (Wildman–Crippen MR) is 56.3 cm³/mol. The number of terminal acetylenes is 1. The third-order valence-electron chi connectivity index (χ3n) is 2.34. The van der Waals surface area contributed by atoms with Gasteiger partial charge >= 0.3 is 0 Å². The number of thioether (sulfide) groups is 1. The molecule has 1 rings (SSSR count). The van der Waals surface area contributed by atoms with E-state index in [9.17, 15) is 0 Å². The summed E-state index contributed by atoms with van der Waals surface area (Å²) in [5.74, 6) is 6.18. The van der Waals surface area contributed by atoms with Gasteiger partial charge in [-0.25, -0.2) is 0 Å². The molecule has 1 nitrogen and oxygen atoms in total. The van der Waals surface area contributed by atoms with Gasteiger partial charge in [-0.05, 0) is 30.4 Å². The summed E-state index contributed by atoms with van der Waals surface area (Å²) in [6, 6.07) is 0.565. The second kappa shape index (κ2) is 5.50. The zero-order chi connectivity index (χ0) is 8.81. The fraction of sp³-hybridized carbons (Fsp3) is 0.800. The van der Waals surface area contributed by atoms with Crippen molar-refractivity contribution in [3.05, 3.63) is 0 Å². The van der Waals surface area contributed by atoms with Crippen LogP contribution in [0.15, 0.2) is 0 Å². The van der Waals surface area contributed by atoms with E-state index in [4.69, 9.17) is 6.42 Å². The van der Waals surface area contributed by atoms with Crippen molar-refractivity contribution in [2.24, 2.45) is 5.92 Å². The highest BCUT2D eigenvalue weighted by Gasteiger charge is 2.23. The molecule has 0 spiro atoms. The van der Waals surface area contributed by atoms with Crippen molar-refractivity contribution in [2.75, 3.05) is 18.1 Å². The molecule has 2 unspecified atom stereocenters. The van der Waals surface area contributed by atoms with Crippen LogP contribution in [-0.4, -0.2) is 24.1 Å². The average Bonchev–Trinajstić information content (AvgIpc) is 2.56. The van der Waals surface area contributed by atoms with Gasteiger partial charge in [-0.1, -0.05) is 6.92 Å². The fourth-order valence-electron chi connectivity index (χ4n) is 1.66. The van der Waals surface area contributed by atoms with E-state index in [-0.39, 0.29) is 0 Å². The summed E-state index contributed by atoms with van der Waals surface area (Å²) >= 11 is 2.05.